The third kappa shape index (κ3) is 7.64. The first-order valence-corrected chi connectivity index (χ1v) is 4.30. The van der Waals surface area contributed by atoms with Crippen molar-refractivity contribution in [2.45, 2.75) is 12.5 Å². The fourth-order valence-electron chi connectivity index (χ4n) is 0.362. The van der Waals surface area contributed by atoms with Crippen molar-refractivity contribution in [1.29, 1.82) is 0 Å². The maximum atomic E-state index is 10.0. The molecule has 0 radical (unpaired) electrons. The summed E-state index contributed by atoms with van der Waals surface area (Å²) in [7, 11) is -4.52. The third-order valence-corrected chi connectivity index (χ3v) is 1.29. The van der Waals surface area contributed by atoms with E-state index in [0.717, 1.165) is 0 Å². The number of hydrogen-bond donors (Lipinski definition) is 3. The fourth-order valence-corrected chi connectivity index (χ4v) is 0.729. The summed E-state index contributed by atoms with van der Waals surface area (Å²) in [5, 5.41) is 8.71. The number of carbonyl (C=O) groups is 1. The summed E-state index contributed by atoms with van der Waals surface area (Å²) in [6.07, 6.45) is -0.909. The van der Waals surface area contributed by atoms with Crippen molar-refractivity contribution in [2.75, 3.05) is 6.61 Å². The highest BCUT2D eigenvalue weighted by molar-refractivity contribution is 7.46. The van der Waals surface area contributed by atoms with Gasteiger partial charge < -0.3 is 19.7 Å². The molecule has 0 aromatic heterocycles. The molecule has 0 unspecified atom stereocenters. The highest BCUT2D eigenvalue weighted by Crippen LogP contribution is 2.35. The second-order valence-corrected chi connectivity index (χ2v) is 3.08. The molecule has 0 saturated carbocycles. The van der Waals surface area contributed by atoms with Crippen LogP contribution in [0.4, 0.5) is 0 Å². The van der Waals surface area contributed by atoms with E-state index in [1.54, 1.807) is 0 Å². The monoisotopic (exact) mass is 184 g/mol. The van der Waals surface area contributed by atoms with Gasteiger partial charge in [0.15, 0.2) is 0 Å². The SMILES string of the molecule is O=CC[C@H](O)COP(=O)(O)O. The first kappa shape index (κ1) is 10.7. The molecule has 66 valence electrons. The lowest BCUT2D eigenvalue weighted by atomic mass is 10.3. The largest absolute Gasteiger partial charge is 0.469 e. The van der Waals surface area contributed by atoms with Gasteiger partial charge in [0.1, 0.15) is 6.29 Å². The topological polar surface area (TPSA) is 104 Å². The summed E-state index contributed by atoms with van der Waals surface area (Å²) >= 11 is 0. The van der Waals surface area contributed by atoms with Crippen molar-refractivity contribution in [3.8, 4) is 0 Å². The van der Waals surface area contributed by atoms with Crippen molar-refractivity contribution in [2.24, 2.45) is 0 Å². The molecule has 3 N–H and O–H groups in total. The molecule has 0 aromatic rings. The summed E-state index contributed by atoms with van der Waals surface area (Å²) in [5.41, 5.74) is 0. The maximum absolute atomic E-state index is 10.0. The van der Waals surface area contributed by atoms with E-state index in [1.807, 2.05) is 0 Å². The predicted octanol–water partition coefficient (Wildman–Crippen LogP) is -0.954. The Morgan fingerprint density at radius 2 is 2.09 bits per heavy atom. The summed E-state index contributed by atoms with van der Waals surface area (Å²) in [6, 6.07) is 0. The number of phosphoric acid groups is 1. The number of aliphatic hydroxyl groups excluding tert-OH is 1. The van der Waals surface area contributed by atoms with Crippen LogP contribution in [0, 0.1) is 0 Å². The zero-order valence-electron chi connectivity index (χ0n) is 5.58. The Hall–Kier alpha value is -0.260. The van der Waals surface area contributed by atoms with E-state index in [4.69, 9.17) is 14.9 Å². The minimum atomic E-state index is -4.52. The Morgan fingerprint density at radius 3 is 2.45 bits per heavy atom. The van der Waals surface area contributed by atoms with Gasteiger partial charge in [0.2, 0.25) is 0 Å². The number of phosphoric ester groups is 1. The van der Waals surface area contributed by atoms with E-state index in [9.17, 15) is 9.36 Å². The molecule has 0 aromatic carbocycles. The molecule has 0 aliphatic rings. The highest BCUT2D eigenvalue weighted by Gasteiger charge is 2.16. The molecule has 0 saturated heterocycles. The van der Waals surface area contributed by atoms with E-state index in [-0.39, 0.29) is 6.42 Å². The number of rotatable bonds is 5. The van der Waals surface area contributed by atoms with E-state index >= 15 is 0 Å². The lowest BCUT2D eigenvalue weighted by Crippen LogP contribution is -2.14. The molecule has 1 atom stereocenters. The number of aliphatic hydroxyl groups is 1. The van der Waals surface area contributed by atoms with Crippen LogP contribution in [0.15, 0.2) is 0 Å². The van der Waals surface area contributed by atoms with Crippen LogP contribution in [0.25, 0.3) is 0 Å². The molecule has 0 aliphatic heterocycles. The quantitative estimate of drug-likeness (QED) is 0.375. The van der Waals surface area contributed by atoms with Crippen LogP contribution in [0.1, 0.15) is 6.42 Å². The standard InChI is InChI=1S/C4H9O6P/c5-2-1-4(6)3-10-11(7,8)9/h2,4,6H,1,3H2,(H2,7,8,9)/t4-/m0/s1. The van der Waals surface area contributed by atoms with Gasteiger partial charge in [-0.2, -0.15) is 0 Å². The number of aldehydes is 1. The lowest BCUT2D eigenvalue weighted by molar-refractivity contribution is -0.110. The van der Waals surface area contributed by atoms with Crippen LogP contribution in [0.3, 0.4) is 0 Å². The van der Waals surface area contributed by atoms with Gasteiger partial charge in [0, 0.05) is 6.42 Å². The number of carbonyl (C=O) groups excluding carboxylic acids is 1. The van der Waals surface area contributed by atoms with Crippen LogP contribution >= 0.6 is 7.82 Å². The summed E-state index contributed by atoms with van der Waals surface area (Å²) in [6.45, 7) is -0.539. The Kier molecular flexibility index (Phi) is 4.48. The van der Waals surface area contributed by atoms with Crippen molar-refractivity contribution in [3.05, 3.63) is 0 Å². The minimum Gasteiger partial charge on any atom is -0.390 e. The summed E-state index contributed by atoms with van der Waals surface area (Å²) < 4.78 is 13.9. The molecule has 11 heavy (non-hydrogen) atoms. The van der Waals surface area contributed by atoms with Crippen LogP contribution in [-0.4, -0.2) is 33.9 Å². The van der Waals surface area contributed by atoms with Gasteiger partial charge in [0.25, 0.3) is 0 Å². The molecule has 6 nitrogen and oxygen atoms in total. The molecular weight excluding hydrogens is 175 g/mol. The van der Waals surface area contributed by atoms with Crippen molar-refractivity contribution >= 4 is 14.1 Å². The zero-order chi connectivity index (χ0) is 8.91. The Labute approximate surface area is 63.0 Å². The van der Waals surface area contributed by atoms with E-state index < -0.39 is 20.5 Å². The van der Waals surface area contributed by atoms with Crippen LogP contribution in [0.2, 0.25) is 0 Å². The molecule has 0 spiro atoms. The van der Waals surface area contributed by atoms with Crippen molar-refractivity contribution in [1.82, 2.24) is 0 Å². The molecule has 0 rings (SSSR count). The van der Waals surface area contributed by atoms with Crippen LogP contribution in [0.5, 0.6) is 0 Å². The highest BCUT2D eigenvalue weighted by atomic mass is 31.2. The van der Waals surface area contributed by atoms with Gasteiger partial charge >= 0.3 is 7.82 Å². The van der Waals surface area contributed by atoms with Gasteiger partial charge in [0.05, 0.1) is 12.7 Å². The minimum absolute atomic E-state index is 0.194. The Morgan fingerprint density at radius 1 is 1.55 bits per heavy atom. The van der Waals surface area contributed by atoms with Gasteiger partial charge in [-0.15, -0.1) is 0 Å². The molecule has 0 fully saturated rings. The van der Waals surface area contributed by atoms with Gasteiger partial charge in [-0.3, -0.25) is 4.52 Å². The third-order valence-electron chi connectivity index (χ3n) is 0.803. The zero-order valence-corrected chi connectivity index (χ0v) is 6.48. The van der Waals surface area contributed by atoms with Gasteiger partial charge in [-0.25, -0.2) is 4.57 Å². The Bertz CT molecular complexity index is 162. The first-order chi connectivity index (χ1) is 4.95. The molecule has 7 heteroatoms. The fraction of sp³-hybridized carbons (Fsp3) is 0.750. The van der Waals surface area contributed by atoms with Crippen LogP contribution in [-0.2, 0) is 13.9 Å². The smallest absolute Gasteiger partial charge is 0.390 e. The van der Waals surface area contributed by atoms with Gasteiger partial charge in [-0.1, -0.05) is 0 Å². The average Bonchev–Trinajstić information content (AvgIpc) is 1.83. The van der Waals surface area contributed by atoms with Crippen molar-refractivity contribution < 1.29 is 28.8 Å². The summed E-state index contributed by atoms with van der Waals surface area (Å²) in [5.74, 6) is 0. The first-order valence-electron chi connectivity index (χ1n) is 2.77. The molecule has 0 aliphatic carbocycles. The van der Waals surface area contributed by atoms with Gasteiger partial charge in [-0.05, 0) is 0 Å². The normalized spacial score (nSPS) is 14.5. The molecule has 0 amide bonds. The number of hydrogen-bond acceptors (Lipinski definition) is 4. The second-order valence-electron chi connectivity index (χ2n) is 1.84. The maximum Gasteiger partial charge on any atom is 0.469 e. The van der Waals surface area contributed by atoms with Crippen LogP contribution < -0.4 is 0 Å². The molecule has 0 heterocycles. The van der Waals surface area contributed by atoms with E-state index in [1.165, 1.54) is 0 Å². The van der Waals surface area contributed by atoms with E-state index in [2.05, 4.69) is 4.52 Å². The average molecular weight is 184 g/mol. The van der Waals surface area contributed by atoms with E-state index in [0.29, 0.717) is 6.29 Å². The second kappa shape index (κ2) is 4.58. The Balaban J connectivity index is 3.53. The summed E-state index contributed by atoms with van der Waals surface area (Å²) in [4.78, 5) is 26.0. The molecular formula is C4H9O6P. The lowest BCUT2D eigenvalue weighted by Gasteiger charge is -2.07. The van der Waals surface area contributed by atoms with Crippen molar-refractivity contribution in [3.63, 3.8) is 0 Å². The molecule has 0 bridgehead atoms. The predicted molar refractivity (Wildman–Crippen MR) is 34.7 cm³/mol.